The normalized spacial score (nSPS) is 14.9. The lowest BCUT2D eigenvalue weighted by molar-refractivity contribution is -0.140. The van der Waals surface area contributed by atoms with Gasteiger partial charge < -0.3 is 91.8 Å². The molecule has 1 saturated heterocycles. The molecule has 4 aromatic carbocycles. The third-order valence-electron chi connectivity index (χ3n) is 14.8. The maximum Gasteiger partial charge on any atom is 0.322 e. The quantitative estimate of drug-likeness (QED) is 0.00976. The van der Waals surface area contributed by atoms with Crippen LogP contribution in [0.3, 0.4) is 0 Å². The number of guanidine groups is 1. The molecule has 0 radical (unpaired) electrons. The minimum Gasteiger partial charge on any atom is -0.497 e. The van der Waals surface area contributed by atoms with Gasteiger partial charge in [-0.15, -0.1) is 11.8 Å². The van der Waals surface area contributed by atoms with E-state index in [0.717, 1.165) is 22.3 Å². The predicted molar refractivity (Wildman–Crippen MR) is 365 cm³/mol. The zero-order valence-corrected chi connectivity index (χ0v) is 56.6. The first-order valence-electron chi connectivity index (χ1n) is 32.1. The zero-order valence-electron chi connectivity index (χ0n) is 55.8. The van der Waals surface area contributed by atoms with Crippen LogP contribution in [0.5, 0.6) is 17.2 Å². The number of benzene rings is 4. The molecule has 31 heteroatoms. The highest BCUT2D eigenvalue weighted by molar-refractivity contribution is 8.00. The first kappa shape index (κ1) is 79.7. The van der Waals surface area contributed by atoms with Gasteiger partial charge in [-0.25, -0.2) is 4.79 Å². The van der Waals surface area contributed by atoms with E-state index in [-0.39, 0.29) is 141 Å². The molecule has 99 heavy (non-hydrogen) atoms. The number of aliphatic carboxylic acids is 1. The molecule has 14 N–H and O–H groups in total. The van der Waals surface area contributed by atoms with E-state index in [1.165, 1.54) is 0 Å². The summed E-state index contributed by atoms with van der Waals surface area (Å²) in [7, 11) is 4.80. The van der Waals surface area contributed by atoms with Gasteiger partial charge in [0.15, 0.2) is 5.96 Å². The third kappa shape index (κ3) is 29.7. The van der Waals surface area contributed by atoms with E-state index in [1.54, 1.807) is 33.1 Å². The molecule has 0 aromatic heterocycles. The van der Waals surface area contributed by atoms with Crippen molar-refractivity contribution in [1.82, 2.24) is 53.2 Å². The van der Waals surface area contributed by atoms with Gasteiger partial charge in [-0.05, 0) is 90.8 Å². The van der Waals surface area contributed by atoms with Crippen LogP contribution < -0.4 is 73.1 Å². The highest BCUT2D eigenvalue weighted by atomic mass is 32.2. The highest BCUT2D eigenvalue weighted by Gasteiger charge is 2.38. The van der Waals surface area contributed by atoms with E-state index >= 15 is 0 Å². The molecule has 1 fully saturated rings. The number of hydrogen-bond donors (Lipinski definition) is 13. The summed E-state index contributed by atoms with van der Waals surface area (Å²) in [5.41, 5.74) is 9.69. The Labute approximate surface area is 579 Å². The molecule has 30 nitrogen and oxygen atoms in total. The topological polar surface area (TPSA) is 426 Å². The molecule has 0 bridgehead atoms. The molecule has 536 valence electrons. The molecule has 0 unspecified atom stereocenters. The molecule has 1 aliphatic rings. The summed E-state index contributed by atoms with van der Waals surface area (Å²) in [4.78, 5) is 127. The molecule has 10 amide bonds. The van der Waals surface area contributed by atoms with Gasteiger partial charge in [0.25, 0.3) is 5.91 Å². The Hall–Kier alpha value is -10.0. The van der Waals surface area contributed by atoms with Crippen molar-refractivity contribution >= 4 is 77.0 Å². The van der Waals surface area contributed by atoms with Crippen LogP contribution in [0, 0.1) is 17.3 Å². The molecule has 1 aliphatic heterocycles. The molecule has 0 spiro atoms. The summed E-state index contributed by atoms with van der Waals surface area (Å²) in [5, 5.41) is 41.8. The number of methoxy groups -OCH3 is 3. The second kappa shape index (κ2) is 44.8. The van der Waals surface area contributed by atoms with Crippen molar-refractivity contribution in [1.29, 1.82) is 5.41 Å². The van der Waals surface area contributed by atoms with Crippen LogP contribution in [0.1, 0.15) is 85.6 Å². The SMILES string of the molecule is COc1ccc(C(SCCC(=O)NCCOCCOCC(=O)NCCOCCOCC(=O)NCCCC[C@@H]2NC(=O)NC(=O)[C@H](CC(=O)O)NC(=O)CNC(=O)[C@H](CCCNC(=N)N)NC2=O)(c2ccc(OC)cc2)c2ccc(OC)c(C#CCCC(=O)NCc3ccccc3)c2)cc1. The van der Waals surface area contributed by atoms with Crippen LogP contribution in [0.25, 0.3) is 0 Å². The van der Waals surface area contributed by atoms with Gasteiger partial charge in [0.05, 0.1) is 84.2 Å². The fourth-order valence-corrected chi connectivity index (χ4v) is 11.3. The van der Waals surface area contributed by atoms with Gasteiger partial charge in [0, 0.05) is 57.7 Å². The molecule has 1 heterocycles. The molecule has 3 atom stereocenters. The largest absolute Gasteiger partial charge is 0.497 e. The van der Waals surface area contributed by atoms with Crippen molar-refractivity contribution in [3.8, 4) is 29.1 Å². The van der Waals surface area contributed by atoms with E-state index in [0.29, 0.717) is 48.0 Å². The Kier molecular flexibility index (Phi) is 36.0. The van der Waals surface area contributed by atoms with Crippen LogP contribution in [0.4, 0.5) is 4.79 Å². The fraction of sp³-hybridized carbons (Fsp3) is 0.456. The number of hydrogen-bond acceptors (Lipinski definition) is 19. The van der Waals surface area contributed by atoms with Gasteiger partial charge in [0.1, 0.15) is 48.6 Å². The smallest absolute Gasteiger partial charge is 0.322 e. The third-order valence-corrected chi connectivity index (χ3v) is 16.3. The summed E-state index contributed by atoms with van der Waals surface area (Å²) in [6, 6.07) is 25.8. The summed E-state index contributed by atoms with van der Waals surface area (Å²) >= 11 is 1.59. The average molecular weight is 1400 g/mol. The molecular formula is C68H90N12O18S. The van der Waals surface area contributed by atoms with Crippen molar-refractivity contribution in [3.63, 3.8) is 0 Å². The van der Waals surface area contributed by atoms with E-state index in [2.05, 4.69) is 59.7 Å². The van der Waals surface area contributed by atoms with Crippen molar-refractivity contribution in [2.45, 2.75) is 87.2 Å². The fourth-order valence-electron chi connectivity index (χ4n) is 9.78. The standard InChI is InChI=1S/C68H90N12O18S/c1-92-51-23-18-48(19-24-51)68(49-20-25-52(93-2)26-21-49,50-22-27-56(94-3)47(40-50)14-7-8-17-57(81)75-42-46-12-5-4-6-13-46)99-39-28-58(82)72-31-33-95-35-38-98-45-61(85)73-32-34-96-36-37-97-44-60(84)71-29-10-9-15-54-64(89)78-53(16-11-30-74-66(69)70)63(88)76-43-59(83)77-55(41-62(86)87)65(90)80-67(91)79-54/h4-6,12-13,18-27,40,53-55H,8-11,15-17,28-39,41-45H2,1-3H3,(H,71,84)(H,72,82)(H,73,85)(H,75,81)(H,76,88)(H,77,83)(H,78,89)(H,86,87)(H4,69,70,74)(H2,79,80,90,91)/t53-,54-,55-/m0/s1. The number of carbonyl (C=O) groups excluding carboxylic acids is 9. The van der Waals surface area contributed by atoms with Crippen molar-refractivity contribution in [2.24, 2.45) is 5.73 Å². The number of carboxylic acids is 1. The molecule has 0 saturated carbocycles. The average Bonchev–Trinajstić information content (AvgIpc) is 0.750. The van der Waals surface area contributed by atoms with Crippen molar-refractivity contribution in [2.75, 3.05) is 113 Å². The van der Waals surface area contributed by atoms with Crippen LogP contribution in [-0.4, -0.2) is 201 Å². The Morgan fingerprint density at radius 1 is 0.596 bits per heavy atom. The molecule has 0 aliphatic carbocycles. The van der Waals surface area contributed by atoms with Gasteiger partial charge in [-0.3, -0.25) is 53.9 Å². The van der Waals surface area contributed by atoms with Gasteiger partial charge in [-0.1, -0.05) is 72.5 Å². The van der Waals surface area contributed by atoms with E-state index in [4.69, 9.17) is 44.3 Å². The van der Waals surface area contributed by atoms with Gasteiger partial charge in [-0.2, -0.15) is 0 Å². The van der Waals surface area contributed by atoms with Crippen molar-refractivity contribution < 1.29 is 86.2 Å². The number of carboxylic acid groups (broad SMARTS) is 1. The summed E-state index contributed by atoms with van der Waals surface area (Å²) < 4.78 is 37.9. The van der Waals surface area contributed by atoms with E-state index < -0.39 is 77.4 Å². The molecule has 5 rings (SSSR count). The summed E-state index contributed by atoms with van der Waals surface area (Å²) in [6.07, 6.45) is 0.649. The maximum absolute atomic E-state index is 13.5. The maximum atomic E-state index is 13.5. The highest BCUT2D eigenvalue weighted by Crippen LogP contribution is 2.50. The first-order chi connectivity index (χ1) is 47.8. The number of nitrogens with one attached hydrogen (secondary N) is 11. The second-order valence-corrected chi connectivity index (χ2v) is 23.4. The zero-order chi connectivity index (χ0) is 71.6. The summed E-state index contributed by atoms with van der Waals surface area (Å²) in [6.45, 7) is 0.846. The number of imide groups is 1. The van der Waals surface area contributed by atoms with Crippen LogP contribution in [0.2, 0.25) is 0 Å². The second-order valence-electron chi connectivity index (χ2n) is 22.1. The minimum atomic E-state index is -1.69. The Morgan fingerprint density at radius 2 is 1.16 bits per heavy atom. The lowest BCUT2D eigenvalue weighted by Gasteiger charge is -2.36. The van der Waals surface area contributed by atoms with Crippen LogP contribution >= 0.6 is 11.8 Å². The Bertz CT molecular complexity index is 3310. The lowest BCUT2D eigenvalue weighted by Crippen LogP contribution is -2.59. The number of urea groups is 1. The monoisotopic (exact) mass is 1390 g/mol. The number of amides is 10. The molecule has 4 aromatic rings. The number of nitrogens with two attached hydrogens (primary N) is 1. The predicted octanol–water partition coefficient (Wildman–Crippen LogP) is 1.19. The first-order valence-corrected chi connectivity index (χ1v) is 33.1. The van der Waals surface area contributed by atoms with Crippen molar-refractivity contribution in [3.05, 3.63) is 125 Å². The number of ether oxygens (including phenoxy) is 7. The van der Waals surface area contributed by atoms with Gasteiger partial charge in [0.2, 0.25) is 41.4 Å². The summed E-state index contributed by atoms with van der Waals surface area (Å²) in [5.74, 6) is 2.18. The van der Waals surface area contributed by atoms with E-state index in [9.17, 15) is 53.1 Å². The van der Waals surface area contributed by atoms with Crippen LogP contribution in [0.15, 0.2) is 97.1 Å². The Morgan fingerprint density at radius 3 is 1.77 bits per heavy atom. The molecular weight excluding hydrogens is 1300 g/mol. The van der Waals surface area contributed by atoms with E-state index in [1.807, 2.05) is 102 Å². The van der Waals surface area contributed by atoms with Crippen LogP contribution in [-0.2, 0) is 73.4 Å². The Balaban J connectivity index is 0.966. The minimum absolute atomic E-state index is 0.0206. The number of unbranched alkanes of at least 4 members (excludes halogenated alkanes) is 1. The lowest BCUT2D eigenvalue weighted by atomic mass is 9.83. The number of rotatable bonds is 41. The number of carbonyl (C=O) groups is 10. The number of thioether (sulfide) groups is 1. The van der Waals surface area contributed by atoms with Gasteiger partial charge >= 0.3 is 12.0 Å².